The maximum atomic E-state index is 5.30. The third-order valence-electron chi connectivity index (χ3n) is 2.44. The van der Waals surface area contributed by atoms with E-state index in [0.717, 1.165) is 26.2 Å². The highest BCUT2D eigenvalue weighted by molar-refractivity contribution is 14.1. The van der Waals surface area contributed by atoms with Gasteiger partial charge in [-0.05, 0) is 46.7 Å². The zero-order valence-electron chi connectivity index (χ0n) is 8.00. The normalized spacial score (nSPS) is 21.4. The van der Waals surface area contributed by atoms with E-state index in [0.29, 0.717) is 6.04 Å². The lowest BCUT2D eigenvalue weighted by molar-refractivity contribution is 0.190. The molecule has 2 nitrogen and oxygen atoms in total. The van der Waals surface area contributed by atoms with Crippen molar-refractivity contribution in [3.63, 3.8) is 0 Å². The fourth-order valence-electron chi connectivity index (χ4n) is 1.56. The van der Waals surface area contributed by atoms with Gasteiger partial charge < -0.3 is 10.1 Å². The van der Waals surface area contributed by atoms with Gasteiger partial charge in [0.05, 0.1) is 6.61 Å². The van der Waals surface area contributed by atoms with Gasteiger partial charge in [-0.3, -0.25) is 0 Å². The van der Waals surface area contributed by atoms with Gasteiger partial charge in [-0.15, -0.1) is 0 Å². The molecule has 0 saturated carbocycles. The van der Waals surface area contributed by atoms with Crippen LogP contribution in [0, 0.1) is 3.57 Å². The number of halogens is 1. The Morgan fingerprint density at radius 3 is 2.79 bits per heavy atom. The quantitative estimate of drug-likeness (QED) is 0.864. The van der Waals surface area contributed by atoms with E-state index in [4.69, 9.17) is 4.74 Å². The number of benzene rings is 1. The summed E-state index contributed by atoms with van der Waals surface area (Å²) in [7, 11) is 0. The minimum Gasteiger partial charge on any atom is -0.380 e. The van der Waals surface area contributed by atoms with Crippen LogP contribution in [0.5, 0.6) is 0 Å². The van der Waals surface area contributed by atoms with E-state index < -0.39 is 0 Å². The molecule has 1 aromatic rings. The molecule has 14 heavy (non-hydrogen) atoms. The smallest absolute Gasteiger partial charge is 0.0620 e. The highest BCUT2D eigenvalue weighted by atomic mass is 127. The van der Waals surface area contributed by atoms with Crippen LogP contribution in [0.2, 0.25) is 0 Å². The topological polar surface area (TPSA) is 21.3 Å². The van der Waals surface area contributed by atoms with Gasteiger partial charge in [0.1, 0.15) is 0 Å². The molecule has 0 radical (unpaired) electrons. The van der Waals surface area contributed by atoms with Crippen molar-refractivity contribution in [3.8, 4) is 0 Å². The first-order valence-electron chi connectivity index (χ1n) is 4.90. The Hall–Kier alpha value is -0.130. The molecule has 0 aliphatic carbocycles. The van der Waals surface area contributed by atoms with Gasteiger partial charge in [0, 0.05) is 22.8 Å². The molecule has 0 amide bonds. The molecule has 1 aliphatic heterocycles. The molecule has 0 spiro atoms. The molecule has 1 aromatic carbocycles. The number of hydrogen-bond donors (Lipinski definition) is 1. The SMILES string of the molecule is Ic1ccc(CNC2CCOC2)cc1. The van der Waals surface area contributed by atoms with Crippen molar-refractivity contribution in [3.05, 3.63) is 33.4 Å². The Bertz CT molecular complexity index is 280. The van der Waals surface area contributed by atoms with Crippen LogP contribution in [0.25, 0.3) is 0 Å². The summed E-state index contributed by atoms with van der Waals surface area (Å²) in [5, 5.41) is 3.49. The van der Waals surface area contributed by atoms with E-state index >= 15 is 0 Å². The summed E-state index contributed by atoms with van der Waals surface area (Å²) in [5.41, 5.74) is 1.34. The fourth-order valence-corrected chi connectivity index (χ4v) is 1.92. The third-order valence-corrected chi connectivity index (χ3v) is 3.16. The second-order valence-electron chi connectivity index (χ2n) is 3.57. The zero-order valence-corrected chi connectivity index (χ0v) is 10.2. The van der Waals surface area contributed by atoms with E-state index in [9.17, 15) is 0 Å². The standard InChI is InChI=1S/C11H14INO/c12-10-3-1-9(2-4-10)7-13-11-5-6-14-8-11/h1-4,11,13H,5-8H2. The predicted molar refractivity (Wildman–Crippen MR) is 65.2 cm³/mol. The van der Waals surface area contributed by atoms with Crippen LogP contribution in [0.4, 0.5) is 0 Å². The van der Waals surface area contributed by atoms with E-state index in [1.807, 2.05) is 0 Å². The van der Waals surface area contributed by atoms with E-state index in [1.54, 1.807) is 0 Å². The van der Waals surface area contributed by atoms with Crippen molar-refractivity contribution >= 4 is 22.6 Å². The van der Waals surface area contributed by atoms with Crippen LogP contribution < -0.4 is 5.32 Å². The largest absolute Gasteiger partial charge is 0.380 e. The van der Waals surface area contributed by atoms with Crippen molar-refractivity contribution < 1.29 is 4.74 Å². The zero-order chi connectivity index (χ0) is 9.80. The van der Waals surface area contributed by atoms with Crippen molar-refractivity contribution in [2.75, 3.05) is 13.2 Å². The molecule has 2 rings (SSSR count). The Balaban J connectivity index is 1.82. The van der Waals surface area contributed by atoms with Crippen LogP contribution in [0.3, 0.4) is 0 Å². The Morgan fingerprint density at radius 1 is 1.36 bits per heavy atom. The summed E-state index contributed by atoms with van der Waals surface area (Å²) in [6, 6.07) is 9.18. The van der Waals surface area contributed by atoms with Crippen LogP contribution in [-0.2, 0) is 11.3 Å². The van der Waals surface area contributed by atoms with Gasteiger partial charge in [0.15, 0.2) is 0 Å². The van der Waals surface area contributed by atoms with Crippen molar-refractivity contribution in [2.45, 2.75) is 19.0 Å². The van der Waals surface area contributed by atoms with Gasteiger partial charge in [-0.25, -0.2) is 0 Å². The van der Waals surface area contributed by atoms with Crippen LogP contribution in [0.1, 0.15) is 12.0 Å². The maximum absolute atomic E-state index is 5.30. The van der Waals surface area contributed by atoms with Gasteiger partial charge in [-0.1, -0.05) is 12.1 Å². The number of hydrogen-bond acceptors (Lipinski definition) is 2. The molecule has 0 bridgehead atoms. The third kappa shape index (κ3) is 2.93. The molecule has 1 atom stereocenters. The Labute approximate surface area is 98.2 Å². The Morgan fingerprint density at radius 2 is 2.14 bits per heavy atom. The van der Waals surface area contributed by atoms with Gasteiger partial charge in [-0.2, -0.15) is 0 Å². The summed E-state index contributed by atoms with van der Waals surface area (Å²) in [5.74, 6) is 0. The van der Waals surface area contributed by atoms with E-state index in [2.05, 4.69) is 52.2 Å². The second-order valence-corrected chi connectivity index (χ2v) is 4.81. The summed E-state index contributed by atoms with van der Waals surface area (Å²) < 4.78 is 6.59. The highest BCUT2D eigenvalue weighted by Crippen LogP contribution is 2.08. The summed E-state index contributed by atoms with van der Waals surface area (Å²) >= 11 is 2.32. The Kier molecular flexibility index (Phi) is 3.78. The molecule has 76 valence electrons. The molecular weight excluding hydrogens is 289 g/mol. The van der Waals surface area contributed by atoms with Crippen LogP contribution in [-0.4, -0.2) is 19.3 Å². The summed E-state index contributed by atoms with van der Waals surface area (Å²) in [4.78, 5) is 0. The van der Waals surface area contributed by atoms with Crippen LogP contribution >= 0.6 is 22.6 Å². The van der Waals surface area contributed by atoms with Crippen molar-refractivity contribution in [1.82, 2.24) is 5.32 Å². The van der Waals surface area contributed by atoms with Gasteiger partial charge in [0.2, 0.25) is 0 Å². The van der Waals surface area contributed by atoms with E-state index in [1.165, 1.54) is 9.13 Å². The average molecular weight is 303 g/mol. The first-order valence-corrected chi connectivity index (χ1v) is 5.98. The highest BCUT2D eigenvalue weighted by Gasteiger charge is 2.13. The average Bonchev–Trinajstić information content (AvgIpc) is 2.70. The van der Waals surface area contributed by atoms with Gasteiger partial charge >= 0.3 is 0 Å². The molecular formula is C11H14INO. The monoisotopic (exact) mass is 303 g/mol. The number of ether oxygens (including phenoxy) is 1. The van der Waals surface area contributed by atoms with Crippen molar-refractivity contribution in [2.24, 2.45) is 0 Å². The van der Waals surface area contributed by atoms with E-state index in [-0.39, 0.29) is 0 Å². The summed E-state index contributed by atoms with van der Waals surface area (Å²) in [6.07, 6.45) is 1.14. The van der Waals surface area contributed by atoms with Crippen LogP contribution in [0.15, 0.2) is 24.3 Å². The molecule has 1 fully saturated rings. The number of rotatable bonds is 3. The molecule has 1 heterocycles. The number of nitrogens with one attached hydrogen (secondary N) is 1. The molecule has 1 aliphatic rings. The van der Waals surface area contributed by atoms with Crippen molar-refractivity contribution in [1.29, 1.82) is 0 Å². The lowest BCUT2D eigenvalue weighted by Gasteiger charge is -2.10. The second kappa shape index (κ2) is 5.09. The first-order chi connectivity index (χ1) is 6.84. The van der Waals surface area contributed by atoms with Gasteiger partial charge in [0.25, 0.3) is 0 Å². The molecule has 1 saturated heterocycles. The first kappa shape index (κ1) is 10.4. The molecule has 3 heteroatoms. The molecule has 1 N–H and O–H groups in total. The molecule has 1 unspecified atom stereocenters. The molecule has 0 aromatic heterocycles. The lowest BCUT2D eigenvalue weighted by Crippen LogP contribution is -2.28. The minimum absolute atomic E-state index is 0.550. The predicted octanol–water partition coefficient (Wildman–Crippen LogP) is 2.17. The summed E-state index contributed by atoms with van der Waals surface area (Å²) in [6.45, 7) is 2.72. The lowest BCUT2D eigenvalue weighted by atomic mass is 10.2. The minimum atomic E-state index is 0.550. The maximum Gasteiger partial charge on any atom is 0.0620 e. The fraction of sp³-hybridized carbons (Fsp3) is 0.455.